The molecule has 3 N–H and O–H groups in total. The summed E-state index contributed by atoms with van der Waals surface area (Å²) in [4.78, 5) is 40.7. The van der Waals surface area contributed by atoms with Crippen LogP contribution in [0, 0.1) is 20.8 Å². The molecule has 1 aliphatic heterocycles. The number of rotatable bonds is 3. The third kappa shape index (κ3) is 5.36. The van der Waals surface area contributed by atoms with Gasteiger partial charge in [0.05, 0.1) is 5.54 Å². The number of carbonyl (C=O) groups is 3. The van der Waals surface area contributed by atoms with Crippen molar-refractivity contribution in [3.63, 3.8) is 0 Å². The second kappa shape index (κ2) is 9.74. The van der Waals surface area contributed by atoms with E-state index in [0.717, 1.165) is 16.7 Å². The molecule has 0 fully saturated rings. The Morgan fingerprint density at radius 3 is 2.11 bits per heavy atom. The number of fused-ring (bicyclic) bond motifs is 1. The molecule has 4 amide bonds. The quantitative estimate of drug-likeness (QED) is 0.376. The van der Waals surface area contributed by atoms with E-state index in [2.05, 4.69) is 10.7 Å². The zero-order valence-electron chi connectivity index (χ0n) is 21.9. The third-order valence-electron chi connectivity index (χ3n) is 6.17. The minimum Gasteiger partial charge on any atom is -0.428 e. The van der Waals surface area contributed by atoms with Gasteiger partial charge in [0.2, 0.25) is 0 Å². The maximum Gasteiger partial charge on any atom is 0.459 e. The first-order valence-electron chi connectivity index (χ1n) is 12.1. The molecule has 0 aliphatic carbocycles. The smallest absolute Gasteiger partial charge is 0.428 e. The molecule has 0 unspecified atom stereocenters. The molecule has 3 aromatic carbocycles. The first-order valence-corrected chi connectivity index (χ1v) is 12.1. The van der Waals surface area contributed by atoms with E-state index in [1.54, 1.807) is 36.4 Å². The molecule has 8 nitrogen and oxygen atoms in total. The highest BCUT2D eigenvalue weighted by Crippen LogP contribution is 2.24. The lowest BCUT2D eigenvalue weighted by atomic mass is 9.68. The predicted molar refractivity (Wildman–Crippen MR) is 146 cm³/mol. The van der Waals surface area contributed by atoms with E-state index in [0.29, 0.717) is 22.4 Å². The molecular weight excluding hydrogens is 467 g/mol. The Hall–Kier alpha value is -4.11. The molecule has 1 heterocycles. The lowest BCUT2D eigenvalue weighted by Gasteiger charge is -2.36. The lowest BCUT2D eigenvalue weighted by Crippen LogP contribution is -2.58. The Bertz CT molecular complexity index is 1360. The van der Waals surface area contributed by atoms with Crippen LogP contribution in [-0.4, -0.2) is 40.5 Å². The van der Waals surface area contributed by atoms with Gasteiger partial charge in [-0.15, -0.1) is 0 Å². The maximum absolute atomic E-state index is 13.4. The van der Waals surface area contributed by atoms with Crippen LogP contribution in [0.15, 0.2) is 60.7 Å². The number of nitrogens with zero attached hydrogens (tertiary/aromatic N) is 2. The number of hydrogen-bond acceptors (Lipinski definition) is 4. The van der Waals surface area contributed by atoms with Gasteiger partial charge >= 0.3 is 13.1 Å². The predicted octanol–water partition coefficient (Wildman–Crippen LogP) is 3.94. The molecule has 9 heteroatoms. The summed E-state index contributed by atoms with van der Waals surface area (Å²) >= 11 is 0. The van der Waals surface area contributed by atoms with Crippen molar-refractivity contribution in [3.05, 3.63) is 88.5 Å². The molecule has 4 rings (SSSR count). The number of carbonyl (C=O) groups excluding carboxylic acids is 3. The van der Waals surface area contributed by atoms with Crippen LogP contribution in [0.2, 0.25) is 0 Å². The summed E-state index contributed by atoms with van der Waals surface area (Å²) in [6.07, 6.45) is 0. The summed E-state index contributed by atoms with van der Waals surface area (Å²) in [5, 5.41) is 15.0. The molecular formula is C28H31BN4O4. The van der Waals surface area contributed by atoms with Crippen molar-refractivity contribution in [2.24, 2.45) is 0 Å². The highest BCUT2D eigenvalue weighted by Gasteiger charge is 2.37. The van der Waals surface area contributed by atoms with Crippen molar-refractivity contribution >= 4 is 41.7 Å². The molecule has 1 aliphatic rings. The fraction of sp³-hybridized carbons (Fsp3) is 0.250. The number of amides is 4. The minimum atomic E-state index is -1.22. The summed E-state index contributed by atoms with van der Waals surface area (Å²) < 4.78 is 0. The van der Waals surface area contributed by atoms with Gasteiger partial charge in [0.1, 0.15) is 0 Å². The summed E-state index contributed by atoms with van der Waals surface area (Å²) in [5.41, 5.74) is 7.01. The Kier molecular flexibility index (Phi) is 6.84. The summed E-state index contributed by atoms with van der Waals surface area (Å²) in [6.45, 7) is 11.3. The van der Waals surface area contributed by atoms with E-state index in [-0.39, 0.29) is 11.5 Å². The van der Waals surface area contributed by atoms with Crippen LogP contribution in [-0.2, 0) is 0 Å². The van der Waals surface area contributed by atoms with E-state index in [4.69, 9.17) is 0 Å². The third-order valence-corrected chi connectivity index (χ3v) is 6.17. The molecule has 0 aromatic heterocycles. The molecule has 0 bridgehead atoms. The number of anilines is 2. The van der Waals surface area contributed by atoms with Gasteiger partial charge in [-0.25, -0.2) is 9.80 Å². The average Bonchev–Trinajstić information content (AvgIpc) is 2.81. The van der Waals surface area contributed by atoms with Gasteiger partial charge in [-0.2, -0.15) is 0 Å². The van der Waals surface area contributed by atoms with Crippen LogP contribution in [0.5, 0.6) is 0 Å². The average molecular weight is 498 g/mol. The van der Waals surface area contributed by atoms with Crippen molar-refractivity contribution < 1.29 is 19.4 Å². The number of hydrazine groups is 1. The van der Waals surface area contributed by atoms with E-state index in [1.165, 1.54) is 15.9 Å². The summed E-state index contributed by atoms with van der Waals surface area (Å²) in [7, 11) is -1.22. The maximum atomic E-state index is 13.4. The second-order valence-electron chi connectivity index (χ2n) is 10.4. The molecule has 190 valence electrons. The molecule has 3 aromatic rings. The van der Waals surface area contributed by atoms with Crippen molar-refractivity contribution in [1.29, 1.82) is 0 Å². The van der Waals surface area contributed by atoms with Gasteiger partial charge < -0.3 is 15.2 Å². The normalized spacial score (nSPS) is 13.1. The first-order chi connectivity index (χ1) is 17.3. The van der Waals surface area contributed by atoms with Crippen molar-refractivity contribution in [2.45, 2.75) is 47.1 Å². The number of nitrogens with one attached hydrogen (secondary N) is 2. The first kappa shape index (κ1) is 26.0. The van der Waals surface area contributed by atoms with E-state index in [1.807, 2.05) is 59.7 Å². The fourth-order valence-electron chi connectivity index (χ4n) is 4.34. The number of aryl methyl sites for hydroxylation is 3. The van der Waals surface area contributed by atoms with Gasteiger partial charge in [0.15, 0.2) is 0 Å². The molecule has 37 heavy (non-hydrogen) atoms. The van der Waals surface area contributed by atoms with Gasteiger partial charge in [-0.1, -0.05) is 41.0 Å². The molecule has 0 spiro atoms. The molecule has 0 radical (unpaired) electrons. The van der Waals surface area contributed by atoms with Crippen LogP contribution >= 0.6 is 0 Å². The monoisotopic (exact) mass is 498 g/mol. The fourth-order valence-corrected chi connectivity index (χ4v) is 4.34. The molecule has 0 saturated heterocycles. The van der Waals surface area contributed by atoms with Gasteiger partial charge in [0, 0.05) is 22.5 Å². The van der Waals surface area contributed by atoms with E-state index >= 15 is 0 Å². The van der Waals surface area contributed by atoms with Crippen LogP contribution in [0.25, 0.3) is 0 Å². The Morgan fingerprint density at radius 1 is 0.892 bits per heavy atom. The largest absolute Gasteiger partial charge is 0.459 e. The summed E-state index contributed by atoms with van der Waals surface area (Å²) in [5.74, 6) is -0.844. The Balaban J connectivity index is 1.59. The van der Waals surface area contributed by atoms with Crippen LogP contribution in [0.3, 0.4) is 0 Å². The van der Waals surface area contributed by atoms with Crippen molar-refractivity contribution in [3.8, 4) is 0 Å². The van der Waals surface area contributed by atoms with Crippen LogP contribution < -0.4 is 21.0 Å². The number of urea groups is 1. The molecule has 0 saturated carbocycles. The zero-order chi connectivity index (χ0) is 27.1. The highest BCUT2D eigenvalue weighted by atomic mass is 16.2. The standard InChI is InChI=1S/C28H31BN4O4/c1-17-7-10-22(11-8-17)32-27(36)30-24-16-20(9-12-23(24)29(32)37)25(34)31-33(28(4,5)6)26(35)21-14-18(2)13-19(3)15-21/h7-16,37H,1-6H3,(H,30,36)(H,31,34). The van der Waals surface area contributed by atoms with E-state index in [9.17, 15) is 19.4 Å². The number of hydrogen-bond donors (Lipinski definition) is 3. The summed E-state index contributed by atoms with van der Waals surface area (Å²) in [6, 6.07) is 16.9. The Morgan fingerprint density at radius 2 is 1.51 bits per heavy atom. The van der Waals surface area contributed by atoms with E-state index < -0.39 is 24.5 Å². The van der Waals surface area contributed by atoms with Crippen LogP contribution in [0.1, 0.15) is 58.2 Å². The highest BCUT2D eigenvalue weighted by molar-refractivity contribution is 6.77. The van der Waals surface area contributed by atoms with Crippen molar-refractivity contribution in [1.82, 2.24) is 10.4 Å². The van der Waals surface area contributed by atoms with Crippen molar-refractivity contribution in [2.75, 3.05) is 10.1 Å². The lowest BCUT2D eigenvalue weighted by molar-refractivity contribution is 0.0358. The van der Waals surface area contributed by atoms with Gasteiger partial charge in [-0.05, 0) is 83.4 Å². The minimum absolute atomic E-state index is 0.234. The van der Waals surface area contributed by atoms with Gasteiger partial charge in [-0.3, -0.25) is 15.0 Å². The van der Waals surface area contributed by atoms with Gasteiger partial charge in [0.25, 0.3) is 11.8 Å². The zero-order valence-corrected chi connectivity index (χ0v) is 21.9. The number of benzene rings is 3. The Labute approximate surface area is 217 Å². The van der Waals surface area contributed by atoms with Crippen LogP contribution in [0.4, 0.5) is 16.2 Å². The molecule has 0 atom stereocenters. The topological polar surface area (TPSA) is 102 Å². The SMILES string of the molecule is Cc1ccc(N2B(O)c3ccc(C(=O)NN(C(=O)c4cc(C)cc(C)c4)C(C)(C)C)cc3NC2=O)cc1. The second-order valence-corrected chi connectivity index (χ2v) is 10.4.